The number of benzene rings is 1. The summed E-state index contributed by atoms with van der Waals surface area (Å²) >= 11 is 0.746. The summed E-state index contributed by atoms with van der Waals surface area (Å²) in [6.45, 7) is 2.89. The van der Waals surface area contributed by atoms with Crippen LogP contribution in [0.3, 0.4) is 0 Å². The number of aromatic nitrogens is 1. The average Bonchev–Trinajstić information content (AvgIpc) is 3.06. The molecule has 3 rings (SSSR count). The zero-order valence-electron chi connectivity index (χ0n) is 12.8. The predicted molar refractivity (Wildman–Crippen MR) is 84.7 cm³/mol. The van der Waals surface area contributed by atoms with Crippen LogP contribution in [-0.2, 0) is 12.7 Å². The molecule has 1 fully saturated rings. The van der Waals surface area contributed by atoms with E-state index in [1.165, 1.54) is 10.5 Å². The molecule has 1 aromatic heterocycles. The van der Waals surface area contributed by atoms with Crippen molar-refractivity contribution >= 4 is 17.2 Å². The fourth-order valence-electron chi connectivity index (χ4n) is 2.69. The van der Waals surface area contributed by atoms with E-state index >= 15 is 0 Å². The van der Waals surface area contributed by atoms with Crippen LogP contribution in [0.1, 0.15) is 20.9 Å². The largest absolute Gasteiger partial charge is 0.434 e. The van der Waals surface area contributed by atoms with Gasteiger partial charge in [-0.2, -0.15) is 13.2 Å². The van der Waals surface area contributed by atoms with Gasteiger partial charge in [0.15, 0.2) is 5.69 Å². The van der Waals surface area contributed by atoms with Gasteiger partial charge in [0.2, 0.25) is 0 Å². The van der Waals surface area contributed by atoms with Crippen LogP contribution in [0, 0.1) is 0 Å². The van der Waals surface area contributed by atoms with Gasteiger partial charge in [0.05, 0.1) is 5.51 Å². The van der Waals surface area contributed by atoms with Gasteiger partial charge in [0.25, 0.3) is 5.91 Å². The second kappa shape index (κ2) is 6.90. The lowest BCUT2D eigenvalue weighted by atomic mass is 10.2. The van der Waals surface area contributed by atoms with Crippen molar-refractivity contribution in [2.75, 3.05) is 26.2 Å². The number of nitrogens with zero attached hydrogens (tertiary/aromatic N) is 3. The lowest BCUT2D eigenvalue weighted by Gasteiger charge is -2.34. The molecule has 0 N–H and O–H groups in total. The number of rotatable bonds is 3. The van der Waals surface area contributed by atoms with Gasteiger partial charge in [-0.25, -0.2) is 4.98 Å². The highest BCUT2D eigenvalue weighted by molar-refractivity contribution is 7.11. The average molecular weight is 355 g/mol. The molecular formula is C16H16F3N3OS. The van der Waals surface area contributed by atoms with Crippen molar-refractivity contribution < 1.29 is 18.0 Å². The van der Waals surface area contributed by atoms with Gasteiger partial charge in [0, 0.05) is 32.7 Å². The van der Waals surface area contributed by atoms with Crippen molar-refractivity contribution in [1.29, 1.82) is 0 Å². The maximum atomic E-state index is 12.9. The van der Waals surface area contributed by atoms with Crippen LogP contribution < -0.4 is 0 Å². The number of piperazine rings is 1. The van der Waals surface area contributed by atoms with E-state index in [1.807, 2.05) is 30.3 Å². The zero-order chi connectivity index (χ0) is 17.2. The van der Waals surface area contributed by atoms with Gasteiger partial charge in [-0.05, 0) is 5.56 Å². The van der Waals surface area contributed by atoms with Gasteiger partial charge in [-0.15, -0.1) is 11.3 Å². The number of hydrogen-bond donors (Lipinski definition) is 0. The SMILES string of the molecule is O=C(c1scnc1C(F)(F)F)N1CCN(Cc2ccccc2)CC1. The van der Waals surface area contributed by atoms with Crippen molar-refractivity contribution in [2.24, 2.45) is 0 Å². The Hall–Kier alpha value is -1.93. The highest BCUT2D eigenvalue weighted by Gasteiger charge is 2.39. The lowest BCUT2D eigenvalue weighted by molar-refractivity contribution is -0.141. The highest BCUT2D eigenvalue weighted by Crippen LogP contribution is 2.33. The molecule has 0 bridgehead atoms. The van der Waals surface area contributed by atoms with E-state index in [1.54, 1.807) is 0 Å². The third-order valence-corrected chi connectivity index (χ3v) is 4.75. The summed E-state index contributed by atoms with van der Waals surface area (Å²) in [5, 5.41) is 0. The van der Waals surface area contributed by atoms with Crippen molar-refractivity contribution in [1.82, 2.24) is 14.8 Å². The molecule has 128 valence electrons. The van der Waals surface area contributed by atoms with Crippen LogP contribution >= 0.6 is 11.3 Å². The van der Waals surface area contributed by atoms with E-state index in [9.17, 15) is 18.0 Å². The smallest absolute Gasteiger partial charge is 0.335 e. The van der Waals surface area contributed by atoms with Crippen molar-refractivity contribution in [3.63, 3.8) is 0 Å². The number of amides is 1. The molecule has 2 aromatic rings. The number of thiazole rings is 1. The molecular weight excluding hydrogens is 339 g/mol. The Labute approximate surface area is 141 Å². The molecule has 0 unspecified atom stereocenters. The number of carbonyl (C=O) groups excluding carboxylic acids is 1. The topological polar surface area (TPSA) is 36.4 Å². The summed E-state index contributed by atoms with van der Waals surface area (Å²) in [5.41, 5.74) is 1.17. The lowest BCUT2D eigenvalue weighted by Crippen LogP contribution is -2.48. The molecule has 1 aliphatic rings. The van der Waals surface area contributed by atoms with Gasteiger partial charge in [0.1, 0.15) is 4.88 Å². The molecule has 24 heavy (non-hydrogen) atoms. The molecule has 0 aliphatic carbocycles. The molecule has 1 saturated heterocycles. The normalized spacial score (nSPS) is 16.4. The fraction of sp³-hybridized carbons (Fsp3) is 0.375. The Morgan fingerprint density at radius 1 is 1.12 bits per heavy atom. The molecule has 4 nitrogen and oxygen atoms in total. The van der Waals surface area contributed by atoms with Gasteiger partial charge >= 0.3 is 6.18 Å². The van der Waals surface area contributed by atoms with E-state index in [0.717, 1.165) is 23.4 Å². The standard InChI is InChI=1S/C16H16F3N3OS/c17-16(18,19)14-13(24-11-20-14)15(23)22-8-6-21(7-9-22)10-12-4-2-1-3-5-12/h1-5,11H,6-10H2. The summed E-state index contributed by atoms with van der Waals surface area (Å²) in [7, 11) is 0. The number of halogens is 3. The van der Waals surface area contributed by atoms with Gasteiger partial charge in [-0.1, -0.05) is 30.3 Å². The molecule has 0 spiro atoms. The van der Waals surface area contributed by atoms with Crippen molar-refractivity contribution in [2.45, 2.75) is 12.7 Å². The third-order valence-electron chi connectivity index (χ3n) is 3.94. The minimum Gasteiger partial charge on any atom is -0.335 e. The van der Waals surface area contributed by atoms with Crippen molar-refractivity contribution in [3.8, 4) is 0 Å². The maximum absolute atomic E-state index is 12.9. The van der Waals surface area contributed by atoms with E-state index in [0.29, 0.717) is 26.2 Å². The first kappa shape index (κ1) is 16.9. The molecule has 2 heterocycles. The first-order valence-electron chi connectivity index (χ1n) is 7.51. The number of alkyl halides is 3. The number of carbonyl (C=O) groups is 1. The Morgan fingerprint density at radius 3 is 2.42 bits per heavy atom. The van der Waals surface area contributed by atoms with Crippen LogP contribution in [0.15, 0.2) is 35.8 Å². The van der Waals surface area contributed by atoms with E-state index < -0.39 is 17.8 Å². The second-order valence-electron chi connectivity index (χ2n) is 5.58. The van der Waals surface area contributed by atoms with E-state index in [2.05, 4.69) is 9.88 Å². The summed E-state index contributed by atoms with van der Waals surface area (Å²) in [6, 6.07) is 9.96. The number of hydrogen-bond acceptors (Lipinski definition) is 4. The predicted octanol–water partition coefficient (Wildman–Crippen LogP) is 3.12. The molecule has 0 radical (unpaired) electrons. The van der Waals surface area contributed by atoms with Crippen LogP contribution in [0.5, 0.6) is 0 Å². The van der Waals surface area contributed by atoms with Gasteiger partial charge < -0.3 is 4.90 Å². The summed E-state index contributed by atoms with van der Waals surface area (Å²) < 4.78 is 38.6. The van der Waals surface area contributed by atoms with E-state index in [4.69, 9.17) is 0 Å². The summed E-state index contributed by atoms with van der Waals surface area (Å²) in [4.78, 5) is 19.0. The van der Waals surface area contributed by atoms with Crippen LogP contribution in [0.25, 0.3) is 0 Å². The molecule has 0 saturated carbocycles. The monoisotopic (exact) mass is 355 g/mol. The Bertz CT molecular complexity index is 694. The van der Waals surface area contributed by atoms with Crippen LogP contribution in [0.2, 0.25) is 0 Å². The summed E-state index contributed by atoms with van der Waals surface area (Å²) in [5.74, 6) is -0.579. The zero-order valence-corrected chi connectivity index (χ0v) is 13.6. The molecule has 8 heteroatoms. The first-order chi connectivity index (χ1) is 11.4. The van der Waals surface area contributed by atoms with Crippen LogP contribution in [0.4, 0.5) is 13.2 Å². The first-order valence-corrected chi connectivity index (χ1v) is 8.39. The molecule has 1 amide bonds. The Morgan fingerprint density at radius 2 is 1.79 bits per heavy atom. The quantitative estimate of drug-likeness (QED) is 0.849. The highest BCUT2D eigenvalue weighted by atomic mass is 32.1. The van der Waals surface area contributed by atoms with E-state index in [-0.39, 0.29) is 4.88 Å². The third kappa shape index (κ3) is 3.76. The Kier molecular flexibility index (Phi) is 4.86. The van der Waals surface area contributed by atoms with Crippen LogP contribution in [-0.4, -0.2) is 46.9 Å². The minimum atomic E-state index is -4.60. The molecule has 1 aromatic carbocycles. The van der Waals surface area contributed by atoms with Gasteiger partial charge in [-0.3, -0.25) is 9.69 Å². The molecule has 0 atom stereocenters. The second-order valence-corrected chi connectivity index (χ2v) is 6.44. The molecule has 1 aliphatic heterocycles. The summed E-state index contributed by atoms with van der Waals surface area (Å²) in [6.07, 6.45) is -4.60. The minimum absolute atomic E-state index is 0.320. The van der Waals surface area contributed by atoms with Crippen molar-refractivity contribution in [3.05, 3.63) is 52.0 Å². The Balaban J connectivity index is 1.61. The fourth-order valence-corrected chi connectivity index (χ4v) is 3.47. The maximum Gasteiger partial charge on any atom is 0.434 e.